The van der Waals surface area contributed by atoms with Crippen LogP contribution in [0.1, 0.15) is 20.3 Å². The molecule has 8 heavy (non-hydrogen) atoms. The minimum Gasteiger partial charge on any atom is -0.300 e. The van der Waals surface area contributed by atoms with Gasteiger partial charge >= 0.3 is 0 Å². The standard InChI is InChI=1S/C5H11Cl2N/c1-3-4(2)5(6,7)8/h4H,3,8H2,1-2H3. The molecule has 50 valence electrons. The lowest BCUT2D eigenvalue weighted by Crippen LogP contribution is -2.33. The van der Waals surface area contributed by atoms with Crippen molar-refractivity contribution >= 4 is 23.2 Å². The summed E-state index contributed by atoms with van der Waals surface area (Å²) in [7, 11) is 0. The van der Waals surface area contributed by atoms with Crippen LogP contribution in [-0.2, 0) is 0 Å². The minimum atomic E-state index is -1.05. The fraction of sp³-hybridized carbons (Fsp3) is 1.00. The number of hydrogen-bond acceptors (Lipinski definition) is 1. The molecule has 0 bridgehead atoms. The van der Waals surface area contributed by atoms with E-state index in [2.05, 4.69) is 0 Å². The molecular formula is C5H11Cl2N. The number of alkyl halides is 2. The molecule has 0 heterocycles. The van der Waals surface area contributed by atoms with Gasteiger partial charge in [0.25, 0.3) is 0 Å². The van der Waals surface area contributed by atoms with Crippen LogP contribution in [0.5, 0.6) is 0 Å². The Morgan fingerprint density at radius 2 is 2.00 bits per heavy atom. The van der Waals surface area contributed by atoms with Crippen LogP contribution in [0.4, 0.5) is 0 Å². The summed E-state index contributed by atoms with van der Waals surface area (Å²) in [6, 6.07) is 0. The molecule has 0 aromatic carbocycles. The molecule has 0 aliphatic rings. The quantitative estimate of drug-likeness (QED) is 0.481. The highest BCUT2D eigenvalue weighted by Gasteiger charge is 2.23. The van der Waals surface area contributed by atoms with Crippen molar-refractivity contribution in [3.8, 4) is 0 Å². The first-order valence-corrected chi connectivity index (χ1v) is 3.40. The predicted octanol–water partition coefficient (Wildman–Crippen LogP) is 2.12. The van der Waals surface area contributed by atoms with Crippen molar-refractivity contribution in [3.05, 3.63) is 0 Å². The molecule has 0 aromatic rings. The Labute approximate surface area is 60.1 Å². The Balaban J connectivity index is 3.62. The van der Waals surface area contributed by atoms with E-state index >= 15 is 0 Å². The van der Waals surface area contributed by atoms with Crippen LogP contribution in [0.25, 0.3) is 0 Å². The Hall–Kier alpha value is 0.540. The second kappa shape index (κ2) is 2.90. The molecule has 0 saturated carbocycles. The van der Waals surface area contributed by atoms with Gasteiger partial charge in [-0.25, -0.2) is 0 Å². The van der Waals surface area contributed by atoms with Gasteiger partial charge in [-0.3, -0.25) is 5.73 Å². The third kappa shape index (κ3) is 2.75. The summed E-state index contributed by atoms with van der Waals surface area (Å²) in [5, 5.41) is 0. The number of nitrogens with two attached hydrogens (primary N) is 1. The number of hydrogen-bond donors (Lipinski definition) is 1. The van der Waals surface area contributed by atoms with E-state index in [9.17, 15) is 0 Å². The highest BCUT2D eigenvalue weighted by Crippen LogP contribution is 2.25. The lowest BCUT2D eigenvalue weighted by molar-refractivity contribution is 0.499. The summed E-state index contributed by atoms with van der Waals surface area (Å²) >= 11 is 11.1. The van der Waals surface area contributed by atoms with Crippen LogP contribution in [-0.4, -0.2) is 4.46 Å². The Kier molecular flexibility index (Phi) is 3.10. The topological polar surface area (TPSA) is 26.0 Å². The molecule has 0 saturated heterocycles. The summed E-state index contributed by atoms with van der Waals surface area (Å²) in [6.45, 7) is 3.91. The first-order valence-electron chi connectivity index (χ1n) is 2.65. The third-order valence-corrected chi connectivity index (χ3v) is 2.01. The van der Waals surface area contributed by atoms with E-state index in [1.54, 1.807) is 0 Å². The van der Waals surface area contributed by atoms with Crippen LogP contribution in [0.3, 0.4) is 0 Å². The van der Waals surface area contributed by atoms with Crippen molar-refractivity contribution in [2.75, 3.05) is 0 Å². The molecule has 0 fully saturated rings. The van der Waals surface area contributed by atoms with Crippen LogP contribution in [0.15, 0.2) is 0 Å². The van der Waals surface area contributed by atoms with Crippen molar-refractivity contribution in [3.63, 3.8) is 0 Å². The lowest BCUT2D eigenvalue weighted by atomic mass is 10.1. The van der Waals surface area contributed by atoms with Crippen molar-refractivity contribution in [1.82, 2.24) is 0 Å². The maximum Gasteiger partial charge on any atom is 0.168 e. The molecule has 0 spiro atoms. The van der Waals surface area contributed by atoms with Gasteiger partial charge in [0, 0.05) is 5.92 Å². The van der Waals surface area contributed by atoms with Crippen LogP contribution < -0.4 is 5.73 Å². The molecule has 0 aliphatic carbocycles. The van der Waals surface area contributed by atoms with Crippen molar-refractivity contribution < 1.29 is 0 Å². The van der Waals surface area contributed by atoms with Crippen molar-refractivity contribution in [2.24, 2.45) is 11.7 Å². The van der Waals surface area contributed by atoms with Gasteiger partial charge in [-0.05, 0) is 6.42 Å². The minimum absolute atomic E-state index is 0.158. The Morgan fingerprint density at radius 3 is 2.00 bits per heavy atom. The maximum absolute atomic E-state index is 5.53. The molecule has 1 unspecified atom stereocenters. The molecular weight excluding hydrogens is 145 g/mol. The fourth-order valence-electron chi connectivity index (χ4n) is 0.272. The fourth-order valence-corrected chi connectivity index (χ4v) is 0.581. The van der Waals surface area contributed by atoms with E-state index in [0.717, 1.165) is 6.42 Å². The van der Waals surface area contributed by atoms with Gasteiger partial charge in [0.1, 0.15) is 0 Å². The summed E-state index contributed by atoms with van der Waals surface area (Å²) in [6.07, 6.45) is 0.906. The number of rotatable bonds is 2. The predicted molar refractivity (Wildman–Crippen MR) is 38.1 cm³/mol. The first kappa shape index (κ1) is 8.54. The van der Waals surface area contributed by atoms with Gasteiger partial charge in [0.05, 0.1) is 0 Å². The highest BCUT2D eigenvalue weighted by molar-refractivity contribution is 6.48. The van der Waals surface area contributed by atoms with Crippen molar-refractivity contribution in [2.45, 2.75) is 24.7 Å². The third-order valence-electron chi connectivity index (χ3n) is 1.27. The SMILES string of the molecule is CCC(C)C(N)(Cl)Cl. The van der Waals surface area contributed by atoms with Crippen LogP contribution in [0, 0.1) is 5.92 Å². The van der Waals surface area contributed by atoms with Gasteiger partial charge in [-0.2, -0.15) is 0 Å². The summed E-state index contributed by atoms with van der Waals surface area (Å²) in [4.78, 5) is 0. The molecule has 0 amide bonds. The van der Waals surface area contributed by atoms with E-state index in [4.69, 9.17) is 28.9 Å². The van der Waals surface area contributed by atoms with Gasteiger partial charge < -0.3 is 0 Å². The second-order valence-electron chi connectivity index (χ2n) is 1.98. The summed E-state index contributed by atoms with van der Waals surface area (Å²) in [5.41, 5.74) is 5.32. The maximum atomic E-state index is 5.53. The second-order valence-corrected chi connectivity index (χ2v) is 3.43. The van der Waals surface area contributed by atoms with E-state index in [-0.39, 0.29) is 5.92 Å². The average Bonchev–Trinajstić information content (AvgIpc) is 1.62. The average molecular weight is 156 g/mol. The Bertz CT molecular complexity index is 67.3. The van der Waals surface area contributed by atoms with Gasteiger partial charge in [-0.1, -0.05) is 37.0 Å². The zero-order chi connectivity index (χ0) is 6.78. The van der Waals surface area contributed by atoms with Gasteiger partial charge in [-0.15, -0.1) is 0 Å². The molecule has 1 atom stereocenters. The molecule has 3 heteroatoms. The van der Waals surface area contributed by atoms with Gasteiger partial charge in [0.15, 0.2) is 4.46 Å². The largest absolute Gasteiger partial charge is 0.300 e. The van der Waals surface area contributed by atoms with Crippen LogP contribution >= 0.6 is 23.2 Å². The number of halogens is 2. The highest BCUT2D eigenvalue weighted by atomic mass is 35.5. The zero-order valence-corrected chi connectivity index (χ0v) is 6.63. The molecule has 1 nitrogen and oxygen atoms in total. The van der Waals surface area contributed by atoms with E-state index in [0.29, 0.717) is 0 Å². The van der Waals surface area contributed by atoms with Crippen LogP contribution in [0.2, 0.25) is 0 Å². The van der Waals surface area contributed by atoms with E-state index < -0.39 is 4.46 Å². The molecule has 0 radical (unpaired) electrons. The lowest BCUT2D eigenvalue weighted by Gasteiger charge is -2.19. The monoisotopic (exact) mass is 155 g/mol. The van der Waals surface area contributed by atoms with Gasteiger partial charge in [0.2, 0.25) is 0 Å². The summed E-state index contributed by atoms with van der Waals surface area (Å²) in [5.74, 6) is 0.158. The molecule has 0 rings (SSSR count). The zero-order valence-electron chi connectivity index (χ0n) is 5.12. The Morgan fingerprint density at radius 1 is 1.62 bits per heavy atom. The molecule has 2 N–H and O–H groups in total. The first-order chi connectivity index (χ1) is 3.48. The smallest absolute Gasteiger partial charge is 0.168 e. The van der Waals surface area contributed by atoms with E-state index in [1.807, 2.05) is 13.8 Å². The van der Waals surface area contributed by atoms with E-state index in [1.165, 1.54) is 0 Å². The molecule has 0 aliphatic heterocycles. The molecule has 0 aromatic heterocycles. The van der Waals surface area contributed by atoms with Crippen molar-refractivity contribution in [1.29, 1.82) is 0 Å². The normalized spacial score (nSPS) is 16.1. The summed E-state index contributed by atoms with van der Waals surface area (Å²) < 4.78 is -1.05.